The van der Waals surface area contributed by atoms with Gasteiger partial charge in [-0.05, 0) is 56.8 Å². The van der Waals surface area contributed by atoms with Gasteiger partial charge in [0.2, 0.25) is 0 Å². The van der Waals surface area contributed by atoms with E-state index in [9.17, 15) is 4.79 Å². The Morgan fingerprint density at radius 3 is 2.75 bits per heavy atom. The van der Waals surface area contributed by atoms with E-state index >= 15 is 0 Å². The summed E-state index contributed by atoms with van der Waals surface area (Å²) < 4.78 is 15.7. The first-order chi connectivity index (χ1) is 11.5. The number of thiocarbonyl (C=S) groups is 1. The highest BCUT2D eigenvalue weighted by Crippen LogP contribution is 2.27. The lowest BCUT2D eigenvalue weighted by Crippen LogP contribution is -2.31. The topological polar surface area (TPSA) is 81.2 Å². The molecule has 0 saturated heterocycles. The van der Waals surface area contributed by atoms with Crippen LogP contribution in [-0.4, -0.2) is 43.7 Å². The minimum Gasteiger partial charge on any atom is -0.493 e. The second-order valence-corrected chi connectivity index (χ2v) is 5.38. The van der Waals surface area contributed by atoms with Gasteiger partial charge in [0.15, 0.2) is 23.2 Å². The third-order valence-electron chi connectivity index (χ3n) is 2.62. The maximum Gasteiger partial charge on any atom is 0.344 e. The lowest BCUT2D eigenvalue weighted by Gasteiger charge is -2.12. The van der Waals surface area contributed by atoms with Crippen LogP contribution in [0.1, 0.15) is 26.3 Å². The lowest BCUT2D eigenvalue weighted by molar-refractivity contribution is -0.149. The molecule has 0 bridgehead atoms. The Balaban J connectivity index is 2.66. The smallest absolute Gasteiger partial charge is 0.344 e. The highest BCUT2D eigenvalue weighted by molar-refractivity contribution is 7.80. The van der Waals surface area contributed by atoms with Gasteiger partial charge in [-0.25, -0.2) is 4.79 Å². The second kappa shape index (κ2) is 10.4. The third kappa shape index (κ3) is 7.28. The molecule has 1 aromatic rings. The normalized spacial score (nSPS) is 10.5. The summed E-state index contributed by atoms with van der Waals surface area (Å²) in [6.07, 6.45) is 1.42. The van der Waals surface area contributed by atoms with Gasteiger partial charge in [-0.15, -0.1) is 0 Å². The van der Waals surface area contributed by atoms with Gasteiger partial charge in [-0.3, -0.25) is 5.43 Å². The molecule has 0 spiro atoms. The van der Waals surface area contributed by atoms with Crippen molar-refractivity contribution in [2.45, 2.75) is 26.9 Å². The maximum atomic E-state index is 11.5. The molecule has 8 heteroatoms. The van der Waals surface area contributed by atoms with Crippen LogP contribution in [0.2, 0.25) is 0 Å². The zero-order chi connectivity index (χ0) is 17.9. The summed E-state index contributed by atoms with van der Waals surface area (Å²) in [6.45, 7) is 6.05. The lowest BCUT2D eigenvalue weighted by atomic mass is 10.2. The van der Waals surface area contributed by atoms with E-state index < -0.39 is 5.97 Å². The van der Waals surface area contributed by atoms with Crippen molar-refractivity contribution in [1.82, 2.24) is 10.7 Å². The number of nitrogens with one attached hydrogen (secondary N) is 2. The van der Waals surface area contributed by atoms with Crippen LogP contribution in [0.3, 0.4) is 0 Å². The Labute approximate surface area is 147 Å². The Morgan fingerprint density at radius 1 is 1.38 bits per heavy atom. The second-order valence-electron chi connectivity index (χ2n) is 4.97. The number of hydrogen-bond donors (Lipinski definition) is 2. The van der Waals surface area contributed by atoms with Crippen molar-refractivity contribution >= 4 is 29.5 Å². The SMILES string of the molecule is CCNC(=S)N/N=C/c1ccc(OCC(=O)OC(C)C)c(OC)c1. The highest BCUT2D eigenvalue weighted by atomic mass is 32.1. The Bertz CT molecular complexity index is 591. The van der Waals surface area contributed by atoms with E-state index in [1.807, 2.05) is 6.92 Å². The number of nitrogens with zero attached hydrogens (tertiary/aromatic N) is 1. The molecular formula is C16H23N3O4S. The van der Waals surface area contributed by atoms with Crippen LogP contribution >= 0.6 is 12.2 Å². The Hall–Kier alpha value is -2.35. The molecule has 7 nitrogen and oxygen atoms in total. The predicted octanol–water partition coefficient (Wildman–Crippen LogP) is 1.84. The van der Waals surface area contributed by atoms with Crippen molar-refractivity contribution < 1.29 is 19.0 Å². The average Bonchev–Trinajstić information content (AvgIpc) is 2.53. The highest BCUT2D eigenvalue weighted by Gasteiger charge is 2.10. The van der Waals surface area contributed by atoms with Gasteiger partial charge < -0.3 is 19.5 Å². The number of benzene rings is 1. The largest absolute Gasteiger partial charge is 0.493 e. The number of esters is 1. The first-order valence-electron chi connectivity index (χ1n) is 7.53. The fourth-order valence-electron chi connectivity index (χ4n) is 1.68. The standard InChI is InChI=1S/C16H23N3O4S/c1-5-17-16(24)19-18-9-12-6-7-13(14(8-12)21-4)22-10-15(20)23-11(2)3/h6-9,11H,5,10H2,1-4H3,(H2,17,19,24)/b18-9+. The third-order valence-corrected chi connectivity index (χ3v) is 2.85. The number of carbonyl (C=O) groups is 1. The number of rotatable bonds is 8. The molecule has 132 valence electrons. The molecule has 1 rings (SSSR count). The molecule has 24 heavy (non-hydrogen) atoms. The van der Waals surface area contributed by atoms with Gasteiger partial charge in [0, 0.05) is 6.54 Å². The molecule has 0 aliphatic rings. The molecule has 0 aliphatic heterocycles. The fourth-order valence-corrected chi connectivity index (χ4v) is 1.88. The molecule has 0 saturated carbocycles. The minimum absolute atomic E-state index is 0.178. The van der Waals surface area contributed by atoms with Crippen LogP contribution in [0.5, 0.6) is 11.5 Å². The van der Waals surface area contributed by atoms with Gasteiger partial charge in [0.05, 0.1) is 19.4 Å². The maximum absolute atomic E-state index is 11.5. The molecule has 0 fully saturated rings. The van der Waals surface area contributed by atoms with E-state index in [1.54, 1.807) is 38.3 Å². The summed E-state index contributed by atoms with van der Waals surface area (Å²) >= 11 is 5.00. The molecule has 0 heterocycles. The fraction of sp³-hybridized carbons (Fsp3) is 0.438. The van der Waals surface area contributed by atoms with Crippen LogP contribution in [0, 0.1) is 0 Å². The summed E-state index contributed by atoms with van der Waals surface area (Å²) in [5, 5.41) is 7.39. The summed E-state index contributed by atoms with van der Waals surface area (Å²) in [7, 11) is 1.52. The molecule has 0 atom stereocenters. The molecule has 0 radical (unpaired) electrons. The van der Waals surface area contributed by atoms with Gasteiger partial charge in [0.1, 0.15) is 0 Å². The van der Waals surface area contributed by atoms with Gasteiger partial charge >= 0.3 is 5.97 Å². The van der Waals surface area contributed by atoms with E-state index in [0.717, 1.165) is 12.1 Å². The van der Waals surface area contributed by atoms with Crippen molar-refractivity contribution in [3.63, 3.8) is 0 Å². The van der Waals surface area contributed by atoms with Crippen molar-refractivity contribution in [3.8, 4) is 11.5 Å². The van der Waals surface area contributed by atoms with Crippen LogP contribution in [0.25, 0.3) is 0 Å². The quantitative estimate of drug-likeness (QED) is 0.319. The van der Waals surface area contributed by atoms with Crippen molar-refractivity contribution in [3.05, 3.63) is 23.8 Å². The Morgan fingerprint density at radius 2 is 2.12 bits per heavy atom. The van der Waals surface area contributed by atoms with Crippen molar-refractivity contribution in [1.29, 1.82) is 0 Å². The first kappa shape index (κ1) is 19.7. The summed E-state index contributed by atoms with van der Waals surface area (Å²) in [4.78, 5) is 11.5. The summed E-state index contributed by atoms with van der Waals surface area (Å²) in [5.74, 6) is 0.510. The van der Waals surface area contributed by atoms with Crippen LogP contribution in [0.4, 0.5) is 0 Å². The zero-order valence-electron chi connectivity index (χ0n) is 14.3. The molecular weight excluding hydrogens is 330 g/mol. The van der Waals surface area contributed by atoms with E-state index in [1.165, 1.54) is 7.11 Å². The van der Waals surface area contributed by atoms with E-state index in [0.29, 0.717) is 16.6 Å². The monoisotopic (exact) mass is 353 g/mol. The van der Waals surface area contributed by atoms with Crippen LogP contribution < -0.4 is 20.2 Å². The number of hydrogen-bond acceptors (Lipinski definition) is 6. The van der Waals surface area contributed by atoms with Gasteiger partial charge in [-0.2, -0.15) is 5.10 Å². The summed E-state index contributed by atoms with van der Waals surface area (Å²) in [5.41, 5.74) is 3.49. The summed E-state index contributed by atoms with van der Waals surface area (Å²) in [6, 6.07) is 5.23. The minimum atomic E-state index is -0.432. The molecule has 1 aromatic carbocycles. The number of hydrazone groups is 1. The molecule has 0 amide bonds. The molecule has 0 unspecified atom stereocenters. The van der Waals surface area contributed by atoms with Crippen molar-refractivity contribution in [2.75, 3.05) is 20.3 Å². The Kier molecular flexibility index (Phi) is 8.56. The molecule has 0 aliphatic carbocycles. The molecule has 2 N–H and O–H groups in total. The van der Waals surface area contributed by atoms with Gasteiger partial charge in [0.25, 0.3) is 0 Å². The number of methoxy groups -OCH3 is 1. The number of carbonyl (C=O) groups excluding carboxylic acids is 1. The van der Waals surface area contributed by atoms with E-state index in [2.05, 4.69) is 15.8 Å². The average molecular weight is 353 g/mol. The molecule has 0 aromatic heterocycles. The first-order valence-corrected chi connectivity index (χ1v) is 7.94. The van der Waals surface area contributed by atoms with Crippen LogP contribution in [0.15, 0.2) is 23.3 Å². The zero-order valence-corrected chi connectivity index (χ0v) is 15.1. The van der Waals surface area contributed by atoms with E-state index in [4.69, 9.17) is 26.4 Å². The van der Waals surface area contributed by atoms with E-state index in [-0.39, 0.29) is 12.7 Å². The predicted molar refractivity (Wildman–Crippen MR) is 96.7 cm³/mol. The van der Waals surface area contributed by atoms with Crippen LogP contribution in [-0.2, 0) is 9.53 Å². The number of ether oxygens (including phenoxy) is 3. The van der Waals surface area contributed by atoms with Gasteiger partial charge in [-0.1, -0.05) is 0 Å². The van der Waals surface area contributed by atoms with Crippen molar-refractivity contribution in [2.24, 2.45) is 5.10 Å².